The summed E-state index contributed by atoms with van der Waals surface area (Å²) in [5, 5.41) is 3.15. The van der Waals surface area contributed by atoms with E-state index in [0.717, 1.165) is 13.2 Å². The second-order valence-corrected chi connectivity index (χ2v) is 4.95. The van der Waals surface area contributed by atoms with Crippen LogP contribution in [0.3, 0.4) is 0 Å². The first-order valence-electron chi connectivity index (χ1n) is 4.82. The van der Waals surface area contributed by atoms with Crippen LogP contribution in [0.1, 0.15) is 27.7 Å². The molecule has 0 unspecified atom stereocenters. The lowest BCUT2D eigenvalue weighted by Crippen LogP contribution is -2.39. The molecule has 0 aromatic rings. The maximum atomic E-state index is 5.73. The standard InChI is InChI=1S/C10H24N2O/c1-9(2,7-12-5)8-13-10(3,4)6-11/h12H,6-8,11H2,1-5H3. The highest BCUT2D eigenvalue weighted by Gasteiger charge is 2.23. The first-order valence-corrected chi connectivity index (χ1v) is 4.82. The van der Waals surface area contributed by atoms with Gasteiger partial charge in [0.05, 0.1) is 12.2 Å². The summed E-state index contributed by atoms with van der Waals surface area (Å²) in [6.07, 6.45) is 0. The number of nitrogens with one attached hydrogen (secondary N) is 1. The van der Waals surface area contributed by atoms with E-state index < -0.39 is 0 Å². The van der Waals surface area contributed by atoms with Crippen LogP contribution in [0.15, 0.2) is 0 Å². The van der Waals surface area contributed by atoms with Crippen molar-refractivity contribution in [3.8, 4) is 0 Å². The van der Waals surface area contributed by atoms with E-state index >= 15 is 0 Å². The van der Waals surface area contributed by atoms with Crippen molar-refractivity contribution in [1.82, 2.24) is 5.32 Å². The van der Waals surface area contributed by atoms with E-state index in [1.807, 2.05) is 20.9 Å². The summed E-state index contributed by atoms with van der Waals surface area (Å²) < 4.78 is 5.73. The van der Waals surface area contributed by atoms with Crippen molar-refractivity contribution in [2.45, 2.75) is 33.3 Å². The van der Waals surface area contributed by atoms with Crippen molar-refractivity contribution in [2.24, 2.45) is 11.1 Å². The molecule has 0 amide bonds. The normalized spacial score (nSPS) is 13.4. The van der Waals surface area contributed by atoms with Gasteiger partial charge in [0.15, 0.2) is 0 Å². The summed E-state index contributed by atoms with van der Waals surface area (Å²) in [5.41, 5.74) is 5.53. The van der Waals surface area contributed by atoms with Gasteiger partial charge in [0.1, 0.15) is 0 Å². The van der Waals surface area contributed by atoms with E-state index in [0.29, 0.717) is 6.54 Å². The van der Waals surface area contributed by atoms with Crippen LogP contribution in [0.5, 0.6) is 0 Å². The third kappa shape index (κ3) is 6.02. The number of hydrogen-bond acceptors (Lipinski definition) is 3. The molecule has 3 heteroatoms. The topological polar surface area (TPSA) is 47.3 Å². The van der Waals surface area contributed by atoms with Gasteiger partial charge < -0.3 is 15.8 Å². The minimum absolute atomic E-state index is 0.168. The van der Waals surface area contributed by atoms with Gasteiger partial charge in [-0.2, -0.15) is 0 Å². The van der Waals surface area contributed by atoms with Crippen LogP contribution >= 0.6 is 0 Å². The minimum Gasteiger partial charge on any atom is -0.374 e. The van der Waals surface area contributed by atoms with Crippen molar-refractivity contribution in [3.63, 3.8) is 0 Å². The molecule has 0 aromatic heterocycles. The van der Waals surface area contributed by atoms with E-state index in [9.17, 15) is 0 Å². The first-order chi connectivity index (χ1) is 5.83. The molecule has 3 N–H and O–H groups in total. The SMILES string of the molecule is CNCC(C)(C)COC(C)(C)CN. The summed E-state index contributed by atoms with van der Waals surface area (Å²) in [4.78, 5) is 0. The molecule has 0 aliphatic rings. The number of hydrogen-bond donors (Lipinski definition) is 2. The minimum atomic E-state index is -0.203. The van der Waals surface area contributed by atoms with Crippen molar-refractivity contribution in [2.75, 3.05) is 26.7 Å². The Hall–Kier alpha value is -0.120. The monoisotopic (exact) mass is 188 g/mol. The van der Waals surface area contributed by atoms with E-state index in [2.05, 4.69) is 19.2 Å². The summed E-state index contributed by atoms with van der Waals surface area (Å²) in [5.74, 6) is 0. The molecule has 0 radical (unpaired) electrons. The molecule has 0 fully saturated rings. The van der Waals surface area contributed by atoms with Crippen LogP contribution < -0.4 is 11.1 Å². The molecule has 0 aliphatic carbocycles. The predicted molar refractivity (Wildman–Crippen MR) is 56.8 cm³/mol. The van der Waals surface area contributed by atoms with Gasteiger partial charge in [0.25, 0.3) is 0 Å². The zero-order valence-electron chi connectivity index (χ0n) is 9.61. The highest BCUT2D eigenvalue weighted by Crippen LogP contribution is 2.18. The number of ether oxygens (including phenoxy) is 1. The molecule has 0 saturated carbocycles. The molecule has 0 bridgehead atoms. The first kappa shape index (κ1) is 12.9. The Kier molecular flexibility index (Phi) is 4.89. The Balaban J connectivity index is 3.86. The fourth-order valence-electron chi connectivity index (χ4n) is 0.979. The Morgan fingerprint density at radius 1 is 1.23 bits per heavy atom. The van der Waals surface area contributed by atoms with Crippen molar-refractivity contribution < 1.29 is 4.74 Å². The van der Waals surface area contributed by atoms with Crippen LogP contribution in [-0.4, -0.2) is 32.3 Å². The van der Waals surface area contributed by atoms with Crippen molar-refractivity contribution >= 4 is 0 Å². The van der Waals surface area contributed by atoms with Gasteiger partial charge in [-0.1, -0.05) is 13.8 Å². The maximum absolute atomic E-state index is 5.73. The second-order valence-electron chi connectivity index (χ2n) is 4.95. The molecular weight excluding hydrogens is 164 g/mol. The molecular formula is C10H24N2O. The van der Waals surface area contributed by atoms with Crippen LogP contribution in [0.25, 0.3) is 0 Å². The Morgan fingerprint density at radius 3 is 2.15 bits per heavy atom. The molecule has 0 saturated heterocycles. The van der Waals surface area contributed by atoms with Crippen LogP contribution in [0, 0.1) is 5.41 Å². The molecule has 0 atom stereocenters. The van der Waals surface area contributed by atoms with Gasteiger partial charge in [0, 0.05) is 18.5 Å². The van der Waals surface area contributed by atoms with Crippen LogP contribution in [0.2, 0.25) is 0 Å². The molecule has 13 heavy (non-hydrogen) atoms. The van der Waals surface area contributed by atoms with Crippen LogP contribution in [0.4, 0.5) is 0 Å². The zero-order valence-corrected chi connectivity index (χ0v) is 9.61. The van der Waals surface area contributed by atoms with Gasteiger partial charge in [0.2, 0.25) is 0 Å². The molecule has 3 nitrogen and oxygen atoms in total. The fourth-order valence-corrected chi connectivity index (χ4v) is 0.979. The molecule has 0 spiro atoms. The lowest BCUT2D eigenvalue weighted by molar-refractivity contribution is -0.0478. The molecule has 0 aromatic carbocycles. The van der Waals surface area contributed by atoms with Gasteiger partial charge in [-0.25, -0.2) is 0 Å². The second kappa shape index (κ2) is 4.94. The van der Waals surface area contributed by atoms with Gasteiger partial charge in [-0.15, -0.1) is 0 Å². The fraction of sp³-hybridized carbons (Fsp3) is 1.00. The van der Waals surface area contributed by atoms with Crippen LogP contribution in [-0.2, 0) is 4.74 Å². The Labute approximate surface area is 82.0 Å². The highest BCUT2D eigenvalue weighted by molar-refractivity contribution is 4.75. The average Bonchev–Trinajstić information content (AvgIpc) is 2.02. The lowest BCUT2D eigenvalue weighted by Gasteiger charge is -2.30. The third-order valence-corrected chi connectivity index (χ3v) is 2.00. The molecule has 0 aliphatic heterocycles. The highest BCUT2D eigenvalue weighted by atomic mass is 16.5. The average molecular weight is 188 g/mol. The lowest BCUT2D eigenvalue weighted by atomic mass is 9.94. The molecule has 80 valence electrons. The third-order valence-electron chi connectivity index (χ3n) is 2.00. The molecule has 0 heterocycles. The largest absolute Gasteiger partial charge is 0.374 e. The van der Waals surface area contributed by atoms with E-state index in [4.69, 9.17) is 10.5 Å². The van der Waals surface area contributed by atoms with E-state index in [1.165, 1.54) is 0 Å². The van der Waals surface area contributed by atoms with Gasteiger partial charge in [-0.3, -0.25) is 0 Å². The maximum Gasteiger partial charge on any atom is 0.0748 e. The number of nitrogens with two attached hydrogens (primary N) is 1. The van der Waals surface area contributed by atoms with E-state index in [-0.39, 0.29) is 11.0 Å². The van der Waals surface area contributed by atoms with Crippen molar-refractivity contribution in [3.05, 3.63) is 0 Å². The summed E-state index contributed by atoms with van der Waals surface area (Å²) in [6, 6.07) is 0. The predicted octanol–water partition coefficient (Wildman–Crippen LogP) is 0.986. The quantitative estimate of drug-likeness (QED) is 0.653. The molecule has 0 rings (SSSR count). The summed E-state index contributed by atoms with van der Waals surface area (Å²) >= 11 is 0. The van der Waals surface area contributed by atoms with Gasteiger partial charge in [-0.05, 0) is 20.9 Å². The Morgan fingerprint density at radius 2 is 1.77 bits per heavy atom. The summed E-state index contributed by atoms with van der Waals surface area (Å²) in [7, 11) is 1.95. The Bertz CT molecular complexity index is 144. The zero-order chi connectivity index (χ0) is 10.5. The van der Waals surface area contributed by atoms with Gasteiger partial charge >= 0.3 is 0 Å². The number of rotatable bonds is 6. The summed E-state index contributed by atoms with van der Waals surface area (Å²) in [6.45, 7) is 10.6. The van der Waals surface area contributed by atoms with E-state index in [1.54, 1.807) is 0 Å². The van der Waals surface area contributed by atoms with Crippen molar-refractivity contribution in [1.29, 1.82) is 0 Å². The smallest absolute Gasteiger partial charge is 0.0748 e.